The summed E-state index contributed by atoms with van der Waals surface area (Å²) < 4.78 is 10.7. The molecule has 0 aliphatic heterocycles. The summed E-state index contributed by atoms with van der Waals surface area (Å²) in [4.78, 5) is 12.0. The largest absolute Gasteiger partial charge is 0.493 e. The lowest BCUT2D eigenvalue weighted by atomic mass is 10.1. The highest BCUT2D eigenvalue weighted by Crippen LogP contribution is 2.28. The van der Waals surface area contributed by atoms with Gasteiger partial charge in [0.25, 0.3) is 0 Å². The maximum absolute atomic E-state index is 12.0. The van der Waals surface area contributed by atoms with E-state index in [1.165, 1.54) is 64.2 Å². The lowest BCUT2D eigenvalue weighted by molar-refractivity contribution is 0.198. The molecule has 1 aromatic rings. The van der Waals surface area contributed by atoms with Crippen LogP contribution in [0.5, 0.6) is 11.5 Å². The number of unbranched alkanes of at least 4 members (excludes halogenated alkanes) is 11. The summed E-state index contributed by atoms with van der Waals surface area (Å²) in [6, 6.07) is 5.55. The molecule has 0 aliphatic carbocycles. The Morgan fingerprint density at radius 3 is 2.07 bits per heavy atom. The smallest absolute Gasteiger partial charge is 0.412 e. The first-order valence-electron chi connectivity index (χ1n) is 11.4. The normalized spacial score (nSPS) is 10.6. The van der Waals surface area contributed by atoms with Gasteiger partial charge in [0.1, 0.15) is 0 Å². The molecule has 0 saturated heterocycles. The molecule has 1 N–H and O–H groups in total. The summed E-state index contributed by atoms with van der Waals surface area (Å²) in [5, 5.41) is 2.82. The SMILES string of the molecule is C=CCc1ccc(OC(=O)NCCCCCCCCCCCCCC)c(OC)c1. The standard InChI is InChI=1S/C25H41NO3/c1-4-6-7-8-9-10-11-12-13-14-15-16-20-26-25(27)29-23-19-18-22(17-5-2)21-24(23)28-3/h5,18-19,21H,2,4,6-17,20H2,1,3H3,(H,26,27). The first-order chi connectivity index (χ1) is 14.2. The Kier molecular flexibility index (Phi) is 14.6. The molecule has 0 atom stereocenters. The molecule has 1 aromatic carbocycles. The lowest BCUT2D eigenvalue weighted by Crippen LogP contribution is -2.27. The quantitative estimate of drug-likeness (QED) is 0.221. The summed E-state index contributed by atoms with van der Waals surface area (Å²) in [5.74, 6) is 0.998. The van der Waals surface area contributed by atoms with E-state index in [1.54, 1.807) is 13.2 Å². The van der Waals surface area contributed by atoms with Crippen LogP contribution < -0.4 is 14.8 Å². The van der Waals surface area contributed by atoms with Crippen LogP contribution in [0.3, 0.4) is 0 Å². The summed E-state index contributed by atoms with van der Waals surface area (Å²) in [5.41, 5.74) is 1.07. The summed E-state index contributed by atoms with van der Waals surface area (Å²) in [6.45, 7) is 6.64. The predicted octanol–water partition coefficient (Wildman–Crippen LogP) is 7.21. The molecule has 1 rings (SSSR count). The van der Waals surface area contributed by atoms with Crippen LogP contribution >= 0.6 is 0 Å². The Morgan fingerprint density at radius 1 is 0.931 bits per heavy atom. The van der Waals surface area contributed by atoms with Crippen molar-refractivity contribution in [3.63, 3.8) is 0 Å². The van der Waals surface area contributed by atoms with Gasteiger partial charge in [-0.2, -0.15) is 0 Å². The van der Waals surface area contributed by atoms with Crippen LogP contribution in [0.1, 0.15) is 89.5 Å². The number of ether oxygens (including phenoxy) is 2. The Hall–Kier alpha value is -1.97. The number of allylic oxidation sites excluding steroid dienone is 1. The fraction of sp³-hybridized carbons (Fsp3) is 0.640. The number of hydrogen-bond donors (Lipinski definition) is 1. The molecule has 0 heterocycles. The molecule has 4 nitrogen and oxygen atoms in total. The minimum absolute atomic E-state index is 0.428. The summed E-state index contributed by atoms with van der Waals surface area (Å²) >= 11 is 0. The highest BCUT2D eigenvalue weighted by molar-refractivity contribution is 5.71. The van der Waals surface area contributed by atoms with Crippen LogP contribution in [0.15, 0.2) is 30.9 Å². The fourth-order valence-corrected chi connectivity index (χ4v) is 3.38. The van der Waals surface area contributed by atoms with Crippen LogP contribution in [-0.2, 0) is 6.42 Å². The van der Waals surface area contributed by atoms with E-state index in [1.807, 2.05) is 18.2 Å². The van der Waals surface area contributed by atoms with Crippen LogP contribution in [0.2, 0.25) is 0 Å². The molecule has 0 radical (unpaired) electrons. The number of benzene rings is 1. The van der Waals surface area contributed by atoms with Gasteiger partial charge >= 0.3 is 6.09 Å². The van der Waals surface area contributed by atoms with Crippen molar-refractivity contribution < 1.29 is 14.3 Å². The van der Waals surface area contributed by atoms with Crippen molar-refractivity contribution in [1.82, 2.24) is 5.32 Å². The molecule has 4 heteroatoms. The van der Waals surface area contributed by atoms with Crippen LogP contribution in [-0.4, -0.2) is 19.7 Å². The molecule has 0 saturated carbocycles. The molecule has 0 bridgehead atoms. The third kappa shape index (κ3) is 12.2. The average molecular weight is 404 g/mol. The maximum atomic E-state index is 12.0. The minimum Gasteiger partial charge on any atom is -0.493 e. The molecular weight excluding hydrogens is 362 g/mol. The minimum atomic E-state index is -0.428. The van der Waals surface area contributed by atoms with E-state index in [4.69, 9.17) is 9.47 Å². The van der Waals surface area contributed by atoms with E-state index >= 15 is 0 Å². The average Bonchev–Trinajstić information content (AvgIpc) is 2.72. The zero-order valence-electron chi connectivity index (χ0n) is 18.6. The van der Waals surface area contributed by atoms with Crippen molar-refractivity contribution in [1.29, 1.82) is 0 Å². The zero-order valence-corrected chi connectivity index (χ0v) is 18.6. The third-order valence-corrected chi connectivity index (χ3v) is 5.11. The second-order valence-electron chi connectivity index (χ2n) is 7.68. The van der Waals surface area contributed by atoms with Crippen LogP contribution in [0.4, 0.5) is 4.79 Å². The second kappa shape index (κ2) is 16.9. The van der Waals surface area contributed by atoms with Crippen molar-refractivity contribution >= 4 is 6.09 Å². The summed E-state index contributed by atoms with van der Waals surface area (Å²) in [7, 11) is 1.57. The number of rotatable bonds is 17. The van der Waals surface area contributed by atoms with Gasteiger partial charge in [0.15, 0.2) is 11.5 Å². The molecule has 29 heavy (non-hydrogen) atoms. The van der Waals surface area contributed by atoms with E-state index in [0.29, 0.717) is 18.0 Å². The topological polar surface area (TPSA) is 47.6 Å². The van der Waals surface area contributed by atoms with Gasteiger partial charge in [-0.25, -0.2) is 4.79 Å². The van der Waals surface area contributed by atoms with Crippen LogP contribution in [0, 0.1) is 0 Å². The van der Waals surface area contributed by atoms with E-state index in [0.717, 1.165) is 24.8 Å². The van der Waals surface area contributed by atoms with Gasteiger partial charge in [-0.05, 0) is 30.5 Å². The molecule has 0 fully saturated rings. The van der Waals surface area contributed by atoms with Gasteiger partial charge in [-0.15, -0.1) is 6.58 Å². The van der Waals surface area contributed by atoms with Crippen molar-refractivity contribution in [2.24, 2.45) is 0 Å². The molecule has 0 aliphatic rings. The lowest BCUT2D eigenvalue weighted by Gasteiger charge is -2.11. The van der Waals surface area contributed by atoms with Crippen molar-refractivity contribution in [2.45, 2.75) is 90.4 Å². The monoisotopic (exact) mass is 403 g/mol. The molecule has 1 amide bonds. The number of hydrogen-bond acceptors (Lipinski definition) is 3. The van der Waals surface area contributed by atoms with Gasteiger partial charge in [0, 0.05) is 6.54 Å². The van der Waals surface area contributed by atoms with Crippen LogP contribution in [0.25, 0.3) is 0 Å². The van der Waals surface area contributed by atoms with Crippen molar-refractivity contribution in [2.75, 3.05) is 13.7 Å². The van der Waals surface area contributed by atoms with Gasteiger partial charge in [-0.3, -0.25) is 0 Å². The highest BCUT2D eigenvalue weighted by atomic mass is 16.6. The van der Waals surface area contributed by atoms with E-state index in [2.05, 4.69) is 18.8 Å². The Bertz CT molecular complexity index is 571. The van der Waals surface area contributed by atoms with E-state index in [-0.39, 0.29) is 0 Å². The van der Waals surface area contributed by atoms with Crippen molar-refractivity contribution in [3.05, 3.63) is 36.4 Å². The highest BCUT2D eigenvalue weighted by Gasteiger charge is 2.10. The first kappa shape index (κ1) is 25.1. The molecule has 0 aromatic heterocycles. The number of carbonyl (C=O) groups excluding carboxylic acids is 1. The van der Waals surface area contributed by atoms with Gasteiger partial charge < -0.3 is 14.8 Å². The maximum Gasteiger partial charge on any atom is 0.412 e. The summed E-state index contributed by atoms with van der Waals surface area (Å²) in [6.07, 6.45) is 17.8. The molecule has 0 unspecified atom stereocenters. The number of nitrogens with one attached hydrogen (secondary N) is 1. The predicted molar refractivity (Wildman–Crippen MR) is 122 cm³/mol. The van der Waals surface area contributed by atoms with Gasteiger partial charge in [0.05, 0.1) is 7.11 Å². The number of carbonyl (C=O) groups is 1. The van der Waals surface area contributed by atoms with Gasteiger partial charge in [-0.1, -0.05) is 89.7 Å². The van der Waals surface area contributed by atoms with Gasteiger partial charge in [0.2, 0.25) is 0 Å². The first-order valence-corrected chi connectivity index (χ1v) is 11.4. The van der Waals surface area contributed by atoms with Crippen molar-refractivity contribution in [3.8, 4) is 11.5 Å². The number of methoxy groups -OCH3 is 1. The van der Waals surface area contributed by atoms with E-state index in [9.17, 15) is 4.79 Å². The Labute approximate surface area is 178 Å². The molecular formula is C25H41NO3. The Balaban J connectivity index is 2.05. The fourth-order valence-electron chi connectivity index (χ4n) is 3.38. The molecule has 0 spiro atoms. The zero-order chi connectivity index (χ0) is 21.2. The third-order valence-electron chi connectivity index (χ3n) is 5.11. The van der Waals surface area contributed by atoms with E-state index < -0.39 is 6.09 Å². The number of amides is 1. The molecule has 164 valence electrons. The second-order valence-corrected chi connectivity index (χ2v) is 7.68. The Morgan fingerprint density at radius 2 is 1.52 bits per heavy atom.